The summed E-state index contributed by atoms with van der Waals surface area (Å²) in [5.74, 6) is -0.474. The van der Waals surface area contributed by atoms with Crippen LogP contribution in [0.2, 0.25) is 0 Å². The summed E-state index contributed by atoms with van der Waals surface area (Å²) < 4.78 is 1.23. The largest absolute Gasteiger partial charge is 0.481 e. The minimum Gasteiger partial charge on any atom is -0.481 e. The number of H-pyrrole nitrogens is 1. The molecule has 1 heterocycles. The molecule has 0 aliphatic carbocycles. The van der Waals surface area contributed by atoms with Crippen LogP contribution < -0.4 is 11.4 Å². The maximum atomic E-state index is 12.2. The molecule has 0 atom stereocenters. The summed E-state index contributed by atoms with van der Waals surface area (Å²) in [6.45, 7) is 0. The summed E-state index contributed by atoms with van der Waals surface area (Å²) in [6.07, 6.45) is 0.518. The van der Waals surface area contributed by atoms with Gasteiger partial charge in [0.25, 0.3) is 0 Å². The van der Waals surface area contributed by atoms with Crippen molar-refractivity contribution in [3.05, 3.63) is 70.1 Å². The van der Waals surface area contributed by atoms with Crippen LogP contribution in [0.5, 0.6) is 0 Å². The van der Waals surface area contributed by atoms with Gasteiger partial charge in [0.05, 0.1) is 5.69 Å². The smallest absolute Gasteiger partial charge is 0.348 e. The molecule has 0 unspecified atom stereocenters. The fourth-order valence-electron chi connectivity index (χ4n) is 2.49. The number of nitrogens with two attached hydrogens (primary N) is 1. The fraction of sp³-hybridized carbons (Fsp3) is 0.111. The second-order valence-corrected chi connectivity index (χ2v) is 5.74. The van der Waals surface area contributed by atoms with Crippen molar-refractivity contribution < 1.29 is 9.90 Å². The van der Waals surface area contributed by atoms with Crippen LogP contribution in [0.15, 0.2) is 53.3 Å². The molecule has 132 valence electrons. The van der Waals surface area contributed by atoms with Gasteiger partial charge < -0.3 is 10.8 Å². The van der Waals surface area contributed by atoms with E-state index in [1.54, 1.807) is 36.4 Å². The lowest BCUT2D eigenvalue weighted by Gasteiger charge is -2.02. The Bertz CT molecular complexity index is 1000. The van der Waals surface area contributed by atoms with E-state index in [1.807, 2.05) is 12.1 Å². The third-order valence-electron chi connectivity index (χ3n) is 3.90. The van der Waals surface area contributed by atoms with Gasteiger partial charge in [0, 0.05) is 17.5 Å². The Labute approximate surface area is 148 Å². The predicted molar refractivity (Wildman–Crippen MR) is 96.6 cm³/mol. The molecule has 0 spiro atoms. The molecule has 0 aliphatic rings. The van der Waals surface area contributed by atoms with Crippen molar-refractivity contribution in [1.82, 2.24) is 14.8 Å². The van der Waals surface area contributed by atoms with E-state index < -0.39 is 5.97 Å². The number of aromatic nitrogens is 3. The first-order chi connectivity index (χ1) is 12.4. The third-order valence-corrected chi connectivity index (χ3v) is 3.90. The standard InChI is InChI=1S/C18H17N5O3/c19-16(20)12-6-8-14(9-7-12)23-18(26)21-17(22-23)13-4-1-11(2-5-13)3-10-15(24)25/h1-2,4-9H,3,10H2,(H3,19,20)(H,24,25)(H,21,22,26). The van der Waals surface area contributed by atoms with Gasteiger partial charge in [-0.25, -0.2) is 4.79 Å². The van der Waals surface area contributed by atoms with Crippen LogP contribution in [-0.4, -0.2) is 31.7 Å². The SMILES string of the molecule is N=C(N)c1ccc(-n2nc(-c3ccc(CCC(=O)O)cc3)[nH]c2=O)cc1. The average Bonchev–Trinajstić information content (AvgIpc) is 3.02. The highest BCUT2D eigenvalue weighted by Crippen LogP contribution is 2.16. The Balaban J connectivity index is 1.84. The van der Waals surface area contributed by atoms with E-state index in [-0.39, 0.29) is 17.9 Å². The number of nitrogen functional groups attached to an aromatic ring is 1. The van der Waals surface area contributed by atoms with Gasteiger partial charge in [-0.3, -0.25) is 15.2 Å². The van der Waals surface area contributed by atoms with E-state index >= 15 is 0 Å². The maximum absolute atomic E-state index is 12.2. The Kier molecular flexibility index (Phi) is 4.66. The Morgan fingerprint density at radius 2 is 1.81 bits per heavy atom. The molecule has 2 aromatic carbocycles. The second kappa shape index (κ2) is 7.06. The number of carboxylic acids is 1. The molecule has 3 rings (SSSR count). The molecule has 3 aromatic rings. The summed E-state index contributed by atoms with van der Waals surface area (Å²) in [6, 6.07) is 13.8. The number of hydrogen-bond donors (Lipinski definition) is 4. The van der Waals surface area contributed by atoms with E-state index in [4.69, 9.17) is 16.2 Å². The summed E-state index contributed by atoms with van der Waals surface area (Å²) in [5.41, 5.74) is 7.78. The highest BCUT2D eigenvalue weighted by Gasteiger charge is 2.10. The quantitative estimate of drug-likeness (QED) is 0.394. The molecule has 0 fully saturated rings. The molecule has 0 radical (unpaired) electrons. The maximum Gasteiger partial charge on any atom is 0.348 e. The van der Waals surface area contributed by atoms with Crippen molar-refractivity contribution >= 4 is 11.8 Å². The number of aromatic amines is 1. The van der Waals surface area contributed by atoms with Crippen LogP contribution in [0, 0.1) is 5.41 Å². The van der Waals surface area contributed by atoms with Gasteiger partial charge in [0.1, 0.15) is 5.84 Å². The first kappa shape index (κ1) is 17.2. The van der Waals surface area contributed by atoms with Crippen LogP contribution in [0.25, 0.3) is 17.1 Å². The Hall–Kier alpha value is -3.68. The number of rotatable bonds is 6. The number of nitrogens with one attached hydrogen (secondary N) is 2. The van der Waals surface area contributed by atoms with Crippen molar-refractivity contribution in [2.75, 3.05) is 0 Å². The zero-order valence-corrected chi connectivity index (χ0v) is 13.8. The van der Waals surface area contributed by atoms with E-state index in [0.717, 1.165) is 11.1 Å². The number of amidine groups is 1. The van der Waals surface area contributed by atoms with E-state index in [1.165, 1.54) is 4.68 Å². The molecule has 5 N–H and O–H groups in total. The second-order valence-electron chi connectivity index (χ2n) is 5.74. The summed E-state index contributed by atoms with van der Waals surface area (Å²) >= 11 is 0. The number of carboxylic acid groups (broad SMARTS) is 1. The minimum atomic E-state index is -0.840. The summed E-state index contributed by atoms with van der Waals surface area (Å²) in [5, 5.41) is 20.4. The van der Waals surface area contributed by atoms with Crippen LogP contribution in [0.3, 0.4) is 0 Å². The lowest BCUT2D eigenvalue weighted by atomic mass is 10.1. The topological polar surface area (TPSA) is 138 Å². The lowest BCUT2D eigenvalue weighted by Crippen LogP contribution is -2.16. The predicted octanol–water partition coefficient (Wildman–Crippen LogP) is 1.53. The van der Waals surface area contributed by atoms with Crippen molar-refractivity contribution in [3.63, 3.8) is 0 Å². The molecule has 26 heavy (non-hydrogen) atoms. The molecule has 0 amide bonds. The van der Waals surface area contributed by atoms with Gasteiger partial charge in [-0.15, -0.1) is 5.10 Å². The Morgan fingerprint density at radius 3 is 2.38 bits per heavy atom. The number of benzene rings is 2. The van der Waals surface area contributed by atoms with Crippen molar-refractivity contribution in [3.8, 4) is 17.1 Å². The van der Waals surface area contributed by atoms with Gasteiger partial charge in [0.15, 0.2) is 5.82 Å². The van der Waals surface area contributed by atoms with Crippen LogP contribution in [0.1, 0.15) is 17.5 Å². The highest BCUT2D eigenvalue weighted by atomic mass is 16.4. The first-order valence-corrected chi connectivity index (χ1v) is 7.89. The monoisotopic (exact) mass is 351 g/mol. The summed E-state index contributed by atoms with van der Waals surface area (Å²) in [4.78, 5) is 25.5. The number of nitrogens with zero attached hydrogens (tertiary/aromatic N) is 2. The van der Waals surface area contributed by atoms with E-state index in [9.17, 15) is 9.59 Å². The van der Waals surface area contributed by atoms with Crippen molar-refractivity contribution in [1.29, 1.82) is 5.41 Å². The molecule has 0 saturated carbocycles. The first-order valence-electron chi connectivity index (χ1n) is 7.89. The molecular formula is C18H17N5O3. The number of carbonyl (C=O) groups is 1. The zero-order valence-electron chi connectivity index (χ0n) is 13.8. The molecular weight excluding hydrogens is 334 g/mol. The third kappa shape index (κ3) is 3.69. The molecule has 0 saturated heterocycles. The van der Waals surface area contributed by atoms with Crippen LogP contribution >= 0.6 is 0 Å². The molecule has 0 bridgehead atoms. The van der Waals surface area contributed by atoms with E-state index in [2.05, 4.69) is 10.1 Å². The van der Waals surface area contributed by atoms with Crippen molar-refractivity contribution in [2.24, 2.45) is 5.73 Å². The minimum absolute atomic E-state index is 0.0467. The zero-order chi connectivity index (χ0) is 18.7. The van der Waals surface area contributed by atoms with Gasteiger partial charge in [-0.2, -0.15) is 4.68 Å². The van der Waals surface area contributed by atoms with Gasteiger partial charge in [0.2, 0.25) is 0 Å². The molecule has 8 heteroatoms. The molecule has 0 aliphatic heterocycles. The van der Waals surface area contributed by atoms with Crippen LogP contribution in [0.4, 0.5) is 0 Å². The van der Waals surface area contributed by atoms with Crippen molar-refractivity contribution in [2.45, 2.75) is 12.8 Å². The lowest BCUT2D eigenvalue weighted by molar-refractivity contribution is -0.136. The van der Waals surface area contributed by atoms with Crippen LogP contribution in [-0.2, 0) is 11.2 Å². The molecule has 8 nitrogen and oxygen atoms in total. The molecule has 1 aromatic heterocycles. The van der Waals surface area contributed by atoms with Gasteiger partial charge >= 0.3 is 11.7 Å². The average molecular weight is 351 g/mol. The number of aryl methyl sites for hydroxylation is 1. The number of hydrogen-bond acceptors (Lipinski definition) is 4. The fourth-order valence-corrected chi connectivity index (χ4v) is 2.49. The van der Waals surface area contributed by atoms with Gasteiger partial charge in [-0.1, -0.05) is 24.3 Å². The highest BCUT2D eigenvalue weighted by molar-refractivity contribution is 5.95. The normalized spacial score (nSPS) is 10.6. The van der Waals surface area contributed by atoms with E-state index in [0.29, 0.717) is 23.5 Å². The number of aliphatic carboxylic acids is 1. The summed E-state index contributed by atoms with van der Waals surface area (Å²) in [7, 11) is 0. The Morgan fingerprint density at radius 1 is 1.15 bits per heavy atom. The van der Waals surface area contributed by atoms with Gasteiger partial charge in [-0.05, 0) is 36.2 Å².